The number of morpholine rings is 1. The van der Waals surface area contributed by atoms with Gasteiger partial charge < -0.3 is 9.15 Å². The second kappa shape index (κ2) is 4.55. The van der Waals surface area contributed by atoms with Gasteiger partial charge in [-0.05, 0) is 41.4 Å². The Kier molecular flexibility index (Phi) is 3.06. The van der Waals surface area contributed by atoms with Crippen molar-refractivity contribution < 1.29 is 13.9 Å². The van der Waals surface area contributed by atoms with E-state index in [1.165, 1.54) is 19.1 Å². The Labute approximate surface area is 108 Å². The number of rotatable bonds is 2. The van der Waals surface area contributed by atoms with Crippen LogP contribution in [0.1, 0.15) is 23.4 Å². The molecule has 0 aliphatic carbocycles. The third-order valence-electron chi connectivity index (χ3n) is 3.52. The van der Waals surface area contributed by atoms with E-state index in [1.54, 1.807) is 6.07 Å². The van der Waals surface area contributed by atoms with Gasteiger partial charge in [-0.25, -0.2) is 0 Å². The van der Waals surface area contributed by atoms with E-state index in [0.717, 1.165) is 6.54 Å². The maximum atomic E-state index is 12.2. The lowest BCUT2D eigenvalue weighted by molar-refractivity contribution is -0.0355. The van der Waals surface area contributed by atoms with Crippen molar-refractivity contribution in [2.45, 2.75) is 25.0 Å². The molecule has 4 nitrogen and oxygen atoms in total. The van der Waals surface area contributed by atoms with Crippen LogP contribution in [-0.4, -0.2) is 42.5 Å². The molecule has 2 atom stereocenters. The molecule has 0 amide bonds. The normalized spacial score (nSPS) is 29.2. The van der Waals surface area contributed by atoms with Crippen LogP contribution < -0.4 is 0 Å². The lowest BCUT2D eigenvalue weighted by Crippen LogP contribution is -2.49. The van der Waals surface area contributed by atoms with E-state index in [2.05, 4.69) is 20.8 Å². The van der Waals surface area contributed by atoms with E-state index in [1.807, 2.05) is 0 Å². The van der Waals surface area contributed by atoms with Crippen LogP contribution in [0.2, 0.25) is 0 Å². The van der Waals surface area contributed by atoms with Gasteiger partial charge in [-0.15, -0.1) is 0 Å². The minimum Gasteiger partial charge on any atom is -0.460 e. The van der Waals surface area contributed by atoms with Crippen LogP contribution in [0.4, 0.5) is 0 Å². The lowest BCUT2D eigenvalue weighted by Gasteiger charge is -2.34. The first kappa shape index (κ1) is 11.4. The molecule has 2 unspecified atom stereocenters. The number of carbonyl (C=O) groups excluding carboxylic acids is 1. The molecule has 2 aliphatic heterocycles. The van der Waals surface area contributed by atoms with Gasteiger partial charge in [0.25, 0.3) is 0 Å². The van der Waals surface area contributed by atoms with Crippen LogP contribution in [-0.2, 0) is 4.74 Å². The Balaban J connectivity index is 1.73. The van der Waals surface area contributed by atoms with Crippen LogP contribution in [0.5, 0.6) is 0 Å². The van der Waals surface area contributed by atoms with Crippen molar-refractivity contribution in [2.24, 2.45) is 0 Å². The van der Waals surface area contributed by atoms with Crippen LogP contribution in [0.25, 0.3) is 0 Å². The maximum absolute atomic E-state index is 12.2. The molecule has 0 N–H and O–H groups in total. The Morgan fingerprint density at radius 3 is 3.18 bits per heavy atom. The quantitative estimate of drug-likeness (QED) is 0.784. The molecule has 2 fully saturated rings. The molecule has 2 saturated heterocycles. The zero-order chi connectivity index (χ0) is 11.8. The summed E-state index contributed by atoms with van der Waals surface area (Å²) >= 11 is 3.31. The molecule has 2 aliphatic rings. The van der Waals surface area contributed by atoms with Gasteiger partial charge in [-0.2, -0.15) is 0 Å². The fourth-order valence-corrected chi connectivity index (χ4v) is 2.99. The van der Waals surface area contributed by atoms with Crippen LogP contribution in [0.15, 0.2) is 21.2 Å². The molecule has 17 heavy (non-hydrogen) atoms. The minimum atomic E-state index is -0.383. The van der Waals surface area contributed by atoms with Gasteiger partial charge in [0, 0.05) is 12.6 Å². The molecule has 0 saturated carbocycles. The standard InChI is InChI=1S/C12H14BrNO3/c13-9-3-5-16-12(9)11(15)10-6-14-4-1-2-8(14)7-17-10/h3,5,8,10H,1-2,4,6-7H2. The van der Waals surface area contributed by atoms with Crippen molar-refractivity contribution in [3.8, 4) is 0 Å². The maximum Gasteiger partial charge on any atom is 0.229 e. The van der Waals surface area contributed by atoms with Crippen LogP contribution >= 0.6 is 15.9 Å². The molecular formula is C12H14BrNO3. The SMILES string of the molecule is O=C(c1occc1Br)C1CN2CCCC2CO1. The monoisotopic (exact) mass is 299 g/mol. The summed E-state index contributed by atoms with van der Waals surface area (Å²) in [6, 6.07) is 2.24. The number of Topliss-reactive ketones (excluding diaryl/α,β-unsaturated/α-hetero) is 1. The van der Waals surface area contributed by atoms with E-state index in [4.69, 9.17) is 9.15 Å². The summed E-state index contributed by atoms with van der Waals surface area (Å²) in [5, 5.41) is 0. The number of nitrogens with zero attached hydrogens (tertiary/aromatic N) is 1. The van der Waals surface area contributed by atoms with Crippen LogP contribution in [0, 0.1) is 0 Å². The second-order valence-electron chi connectivity index (χ2n) is 4.57. The Hall–Kier alpha value is -0.650. The number of furan rings is 1. The zero-order valence-electron chi connectivity index (χ0n) is 9.39. The van der Waals surface area contributed by atoms with E-state index in [-0.39, 0.29) is 11.9 Å². The van der Waals surface area contributed by atoms with E-state index in [9.17, 15) is 4.79 Å². The number of halogens is 1. The van der Waals surface area contributed by atoms with Crippen molar-refractivity contribution >= 4 is 21.7 Å². The van der Waals surface area contributed by atoms with Crippen molar-refractivity contribution in [1.29, 1.82) is 0 Å². The highest BCUT2D eigenvalue weighted by molar-refractivity contribution is 9.10. The number of hydrogen-bond acceptors (Lipinski definition) is 4. The van der Waals surface area contributed by atoms with Gasteiger partial charge in [0.15, 0.2) is 5.76 Å². The molecular weight excluding hydrogens is 286 g/mol. The van der Waals surface area contributed by atoms with E-state index >= 15 is 0 Å². The predicted molar refractivity (Wildman–Crippen MR) is 65.1 cm³/mol. The number of ketones is 1. The summed E-state index contributed by atoms with van der Waals surface area (Å²) in [5.41, 5.74) is 0. The summed E-state index contributed by atoms with van der Waals surface area (Å²) < 4.78 is 11.6. The Bertz CT molecular complexity index is 431. The third kappa shape index (κ3) is 2.07. The number of hydrogen-bond donors (Lipinski definition) is 0. The summed E-state index contributed by atoms with van der Waals surface area (Å²) in [5.74, 6) is 0.305. The highest BCUT2D eigenvalue weighted by atomic mass is 79.9. The first-order chi connectivity index (χ1) is 8.25. The van der Waals surface area contributed by atoms with Crippen molar-refractivity contribution in [3.05, 3.63) is 22.6 Å². The first-order valence-corrected chi connectivity index (χ1v) is 6.68. The molecule has 1 aromatic rings. The molecule has 0 aromatic carbocycles. The molecule has 0 spiro atoms. The molecule has 3 heterocycles. The Morgan fingerprint density at radius 1 is 1.53 bits per heavy atom. The third-order valence-corrected chi connectivity index (χ3v) is 4.15. The van der Waals surface area contributed by atoms with Crippen LogP contribution in [0.3, 0.4) is 0 Å². The molecule has 5 heteroatoms. The van der Waals surface area contributed by atoms with Gasteiger partial charge in [-0.3, -0.25) is 9.69 Å². The minimum absolute atomic E-state index is 0.0628. The van der Waals surface area contributed by atoms with Gasteiger partial charge in [0.05, 0.1) is 17.3 Å². The highest BCUT2D eigenvalue weighted by Crippen LogP contribution is 2.26. The Morgan fingerprint density at radius 2 is 2.41 bits per heavy atom. The lowest BCUT2D eigenvalue weighted by atomic mass is 10.1. The largest absolute Gasteiger partial charge is 0.460 e. The van der Waals surface area contributed by atoms with Gasteiger partial charge >= 0.3 is 0 Å². The summed E-state index contributed by atoms with van der Waals surface area (Å²) in [7, 11) is 0. The van der Waals surface area contributed by atoms with Gasteiger partial charge in [0.1, 0.15) is 6.10 Å². The highest BCUT2D eigenvalue weighted by Gasteiger charge is 2.36. The molecule has 1 aromatic heterocycles. The average Bonchev–Trinajstić information content (AvgIpc) is 2.95. The second-order valence-corrected chi connectivity index (χ2v) is 5.43. The molecule has 92 valence electrons. The smallest absolute Gasteiger partial charge is 0.229 e. The summed E-state index contributed by atoms with van der Waals surface area (Å²) in [6.07, 6.45) is 3.52. The van der Waals surface area contributed by atoms with Crippen molar-refractivity contribution in [1.82, 2.24) is 4.90 Å². The number of ether oxygens (including phenoxy) is 1. The average molecular weight is 300 g/mol. The van der Waals surface area contributed by atoms with Gasteiger partial charge in [-0.1, -0.05) is 0 Å². The van der Waals surface area contributed by atoms with E-state index in [0.29, 0.717) is 29.4 Å². The summed E-state index contributed by atoms with van der Waals surface area (Å²) in [4.78, 5) is 14.5. The van der Waals surface area contributed by atoms with Crippen molar-refractivity contribution in [2.75, 3.05) is 19.7 Å². The number of fused-ring (bicyclic) bond motifs is 1. The molecule has 0 radical (unpaired) electrons. The van der Waals surface area contributed by atoms with E-state index < -0.39 is 0 Å². The number of carbonyl (C=O) groups is 1. The molecule has 3 rings (SSSR count). The molecule has 0 bridgehead atoms. The zero-order valence-corrected chi connectivity index (χ0v) is 11.0. The van der Waals surface area contributed by atoms with Gasteiger partial charge in [0.2, 0.25) is 5.78 Å². The predicted octanol–water partition coefficient (Wildman–Crippen LogP) is 2.09. The first-order valence-electron chi connectivity index (χ1n) is 5.88. The van der Waals surface area contributed by atoms with Crippen molar-refractivity contribution in [3.63, 3.8) is 0 Å². The summed E-state index contributed by atoms with van der Waals surface area (Å²) in [6.45, 7) is 2.43. The topological polar surface area (TPSA) is 42.7 Å². The fraction of sp³-hybridized carbons (Fsp3) is 0.583. The fourth-order valence-electron chi connectivity index (χ4n) is 2.59.